The standard InChI is InChI=1S/C13H18O/c1-13(14,12-9-5-6-10-12)11-7-3-2-4-8-11/h3,5-7,9-12,14H,2,4,8H2,1H3/t11-,13-/m0/s1. The molecular weight excluding hydrogens is 172 g/mol. The maximum Gasteiger partial charge on any atom is 0.0778 e. The molecule has 0 aliphatic heterocycles. The van der Waals surface area contributed by atoms with Crippen LogP contribution in [0, 0.1) is 11.8 Å². The zero-order valence-corrected chi connectivity index (χ0v) is 8.69. The number of aliphatic hydroxyl groups is 1. The molecular formula is C13H18O. The van der Waals surface area contributed by atoms with Crippen molar-refractivity contribution in [2.24, 2.45) is 11.8 Å². The highest BCUT2D eigenvalue weighted by Gasteiger charge is 2.36. The Morgan fingerprint density at radius 3 is 2.50 bits per heavy atom. The molecule has 2 atom stereocenters. The lowest BCUT2D eigenvalue weighted by Gasteiger charge is -2.36. The first-order valence-corrected chi connectivity index (χ1v) is 5.45. The van der Waals surface area contributed by atoms with Gasteiger partial charge in [0, 0.05) is 11.8 Å². The highest BCUT2D eigenvalue weighted by atomic mass is 16.3. The Balaban J connectivity index is 2.13. The van der Waals surface area contributed by atoms with Gasteiger partial charge in [-0.15, -0.1) is 0 Å². The van der Waals surface area contributed by atoms with E-state index in [0.29, 0.717) is 5.92 Å². The molecule has 0 radical (unpaired) electrons. The van der Waals surface area contributed by atoms with Crippen LogP contribution in [-0.2, 0) is 0 Å². The average Bonchev–Trinajstić information content (AvgIpc) is 2.72. The van der Waals surface area contributed by atoms with Crippen LogP contribution in [0.5, 0.6) is 0 Å². The molecule has 1 heteroatoms. The topological polar surface area (TPSA) is 20.2 Å². The van der Waals surface area contributed by atoms with Gasteiger partial charge in [-0.2, -0.15) is 0 Å². The van der Waals surface area contributed by atoms with Crippen molar-refractivity contribution in [1.29, 1.82) is 0 Å². The second-order valence-corrected chi connectivity index (χ2v) is 4.49. The molecule has 0 saturated heterocycles. The quantitative estimate of drug-likeness (QED) is 0.664. The van der Waals surface area contributed by atoms with Crippen LogP contribution in [0.1, 0.15) is 26.2 Å². The molecule has 14 heavy (non-hydrogen) atoms. The summed E-state index contributed by atoms with van der Waals surface area (Å²) < 4.78 is 0. The van der Waals surface area contributed by atoms with E-state index in [2.05, 4.69) is 24.3 Å². The molecule has 0 amide bonds. The molecule has 0 fully saturated rings. The zero-order chi connectivity index (χ0) is 10.0. The lowest BCUT2D eigenvalue weighted by Crippen LogP contribution is -2.40. The SMILES string of the molecule is C[C@@](O)(C1C=CC=C1)[C@H]1C=CCCC1. The van der Waals surface area contributed by atoms with Crippen LogP contribution in [-0.4, -0.2) is 10.7 Å². The van der Waals surface area contributed by atoms with Crippen LogP contribution in [0.15, 0.2) is 36.5 Å². The Hall–Kier alpha value is -0.820. The van der Waals surface area contributed by atoms with Gasteiger partial charge in [0.25, 0.3) is 0 Å². The number of rotatable bonds is 2. The molecule has 2 aliphatic carbocycles. The third kappa shape index (κ3) is 1.69. The third-order valence-electron chi connectivity index (χ3n) is 3.43. The number of hydrogen-bond donors (Lipinski definition) is 1. The molecule has 1 nitrogen and oxygen atoms in total. The van der Waals surface area contributed by atoms with Crippen LogP contribution < -0.4 is 0 Å². The normalized spacial score (nSPS) is 30.9. The molecule has 2 aliphatic rings. The summed E-state index contributed by atoms with van der Waals surface area (Å²) >= 11 is 0. The molecule has 0 aromatic heterocycles. The fourth-order valence-corrected chi connectivity index (χ4v) is 2.37. The molecule has 0 heterocycles. The minimum absolute atomic E-state index is 0.190. The summed E-state index contributed by atoms with van der Waals surface area (Å²) in [5, 5.41) is 10.5. The van der Waals surface area contributed by atoms with Gasteiger partial charge in [-0.3, -0.25) is 0 Å². The van der Waals surface area contributed by atoms with Crippen LogP contribution in [0.25, 0.3) is 0 Å². The van der Waals surface area contributed by atoms with Crippen molar-refractivity contribution in [2.75, 3.05) is 0 Å². The van der Waals surface area contributed by atoms with E-state index in [1.165, 1.54) is 12.8 Å². The van der Waals surface area contributed by atoms with Crippen molar-refractivity contribution in [1.82, 2.24) is 0 Å². The van der Waals surface area contributed by atoms with E-state index < -0.39 is 5.60 Å². The summed E-state index contributed by atoms with van der Waals surface area (Å²) in [4.78, 5) is 0. The minimum Gasteiger partial charge on any atom is -0.389 e. The largest absolute Gasteiger partial charge is 0.389 e. The Labute approximate surface area is 85.8 Å². The average molecular weight is 190 g/mol. The van der Waals surface area contributed by atoms with E-state index in [4.69, 9.17) is 0 Å². The Morgan fingerprint density at radius 1 is 1.21 bits per heavy atom. The molecule has 0 aromatic carbocycles. The molecule has 0 unspecified atom stereocenters. The summed E-state index contributed by atoms with van der Waals surface area (Å²) in [6.07, 6.45) is 16.1. The Bertz CT molecular complexity index is 272. The molecule has 76 valence electrons. The predicted octanol–water partition coefficient (Wildman–Crippen LogP) is 2.84. The van der Waals surface area contributed by atoms with Gasteiger partial charge < -0.3 is 5.11 Å². The fourth-order valence-electron chi connectivity index (χ4n) is 2.37. The van der Waals surface area contributed by atoms with Gasteiger partial charge in [-0.05, 0) is 26.2 Å². The fraction of sp³-hybridized carbons (Fsp3) is 0.538. The summed E-state index contributed by atoms with van der Waals surface area (Å²) in [6, 6.07) is 0. The molecule has 0 aromatic rings. The monoisotopic (exact) mass is 190 g/mol. The lowest BCUT2D eigenvalue weighted by molar-refractivity contribution is -0.0101. The maximum absolute atomic E-state index is 10.5. The van der Waals surface area contributed by atoms with Gasteiger partial charge >= 0.3 is 0 Å². The first-order valence-electron chi connectivity index (χ1n) is 5.45. The molecule has 0 saturated carbocycles. The van der Waals surface area contributed by atoms with E-state index in [1.54, 1.807) is 0 Å². The molecule has 1 N–H and O–H groups in total. The van der Waals surface area contributed by atoms with Crippen molar-refractivity contribution in [2.45, 2.75) is 31.8 Å². The zero-order valence-electron chi connectivity index (χ0n) is 8.69. The highest BCUT2D eigenvalue weighted by Crippen LogP contribution is 2.36. The van der Waals surface area contributed by atoms with Gasteiger partial charge in [-0.1, -0.05) is 36.5 Å². The second-order valence-electron chi connectivity index (χ2n) is 4.49. The first-order chi connectivity index (χ1) is 6.71. The van der Waals surface area contributed by atoms with Crippen molar-refractivity contribution in [3.8, 4) is 0 Å². The van der Waals surface area contributed by atoms with Gasteiger partial charge in [0.05, 0.1) is 5.60 Å². The van der Waals surface area contributed by atoms with Gasteiger partial charge in [0.1, 0.15) is 0 Å². The predicted molar refractivity (Wildman–Crippen MR) is 58.9 cm³/mol. The van der Waals surface area contributed by atoms with Crippen molar-refractivity contribution in [3.63, 3.8) is 0 Å². The Kier molecular flexibility index (Phi) is 2.60. The van der Waals surface area contributed by atoms with Crippen LogP contribution >= 0.6 is 0 Å². The Morgan fingerprint density at radius 2 is 1.93 bits per heavy atom. The molecule has 0 spiro atoms. The summed E-state index contributed by atoms with van der Waals surface area (Å²) in [5.74, 6) is 0.504. The van der Waals surface area contributed by atoms with Gasteiger partial charge in [0.2, 0.25) is 0 Å². The summed E-state index contributed by atoms with van der Waals surface area (Å²) in [6.45, 7) is 1.96. The summed E-state index contributed by atoms with van der Waals surface area (Å²) in [7, 11) is 0. The number of allylic oxidation sites excluding steroid dienone is 3. The summed E-state index contributed by atoms with van der Waals surface area (Å²) in [5.41, 5.74) is -0.611. The van der Waals surface area contributed by atoms with E-state index in [1.807, 2.05) is 19.1 Å². The van der Waals surface area contributed by atoms with Crippen molar-refractivity contribution in [3.05, 3.63) is 36.5 Å². The maximum atomic E-state index is 10.5. The van der Waals surface area contributed by atoms with Gasteiger partial charge in [-0.25, -0.2) is 0 Å². The van der Waals surface area contributed by atoms with Crippen molar-refractivity contribution >= 4 is 0 Å². The van der Waals surface area contributed by atoms with Crippen LogP contribution in [0.2, 0.25) is 0 Å². The van der Waals surface area contributed by atoms with Gasteiger partial charge in [0.15, 0.2) is 0 Å². The van der Waals surface area contributed by atoms with E-state index >= 15 is 0 Å². The second kappa shape index (κ2) is 3.74. The third-order valence-corrected chi connectivity index (χ3v) is 3.43. The first kappa shape index (κ1) is 9.72. The smallest absolute Gasteiger partial charge is 0.0778 e. The lowest BCUT2D eigenvalue weighted by atomic mass is 9.75. The number of hydrogen-bond acceptors (Lipinski definition) is 1. The molecule has 2 rings (SSSR count). The highest BCUT2D eigenvalue weighted by molar-refractivity contribution is 5.23. The minimum atomic E-state index is -0.611. The van der Waals surface area contributed by atoms with Crippen LogP contribution in [0.4, 0.5) is 0 Å². The van der Waals surface area contributed by atoms with Crippen molar-refractivity contribution < 1.29 is 5.11 Å². The molecule has 0 bridgehead atoms. The van der Waals surface area contributed by atoms with E-state index in [-0.39, 0.29) is 5.92 Å². The van der Waals surface area contributed by atoms with E-state index in [0.717, 1.165) is 6.42 Å². The van der Waals surface area contributed by atoms with Crippen LogP contribution in [0.3, 0.4) is 0 Å². The van der Waals surface area contributed by atoms with E-state index in [9.17, 15) is 5.11 Å².